The van der Waals surface area contributed by atoms with Crippen molar-refractivity contribution in [1.29, 1.82) is 0 Å². The summed E-state index contributed by atoms with van der Waals surface area (Å²) in [6.45, 7) is 3.87. The van der Waals surface area contributed by atoms with E-state index in [0.717, 1.165) is 4.57 Å². The quantitative estimate of drug-likeness (QED) is 0.631. The topological polar surface area (TPSA) is 114 Å². The SMILES string of the molecule is CCOC(=O)c1ccc(N=Cc2c(O)n(CC)c(=O)[nH]c2=O)cc1. The molecule has 1 heterocycles. The van der Waals surface area contributed by atoms with Crippen LogP contribution >= 0.6 is 0 Å². The Morgan fingerprint density at radius 3 is 2.54 bits per heavy atom. The molecule has 8 nitrogen and oxygen atoms in total. The molecule has 0 atom stereocenters. The summed E-state index contributed by atoms with van der Waals surface area (Å²) in [6.07, 6.45) is 1.17. The van der Waals surface area contributed by atoms with E-state index in [4.69, 9.17) is 4.74 Å². The molecule has 8 heteroatoms. The first-order valence-electron chi connectivity index (χ1n) is 7.35. The predicted molar refractivity (Wildman–Crippen MR) is 88.3 cm³/mol. The van der Waals surface area contributed by atoms with Gasteiger partial charge in [0, 0.05) is 12.8 Å². The number of H-pyrrole nitrogens is 1. The van der Waals surface area contributed by atoms with Gasteiger partial charge in [-0.2, -0.15) is 0 Å². The van der Waals surface area contributed by atoms with Gasteiger partial charge in [-0.1, -0.05) is 0 Å². The number of aromatic amines is 1. The lowest BCUT2D eigenvalue weighted by Gasteiger charge is -2.06. The van der Waals surface area contributed by atoms with Crippen molar-refractivity contribution in [3.8, 4) is 5.88 Å². The minimum atomic E-state index is -0.728. The predicted octanol–water partition coefficient (Wildman–Crippen LogP) is 1.19. The molecule has 0 aliphatic heterocycles. The van der Waals surface area contributed by atoms with Gasteiger partial charge in [-0.15, -0.1) is 0 Å². The molecule has 0 bridgehead atoms. The van der Waals surface area contributed by atoms with E-state index in [0.29, 0.717) is 11.3 Å². The van der Waals surface area contributed by atoms with Crippen molar-refractivity contribution < 1.29 is 14.6 Å². The monoisotopic (exact) mass is 331 g/mol. The summed E-state index contributed by atoms with van der Waals surface area (Å²) >= 11 is 0. The molecule has 0 aliphatic carbocycles. The summed E-state index contributed by atoms with van der Waals surface area (Å²) in [4.78, 5) is 41.1. The van der Waals surface area contributed by atoms with E-state index in [1.807, 2.05) is 0 Å². The Hall–Kier alpha value is -3.16. The second kappa shape index (κ2) is 7.40. The van der Waals surface area contributed by atoms with Crippen LogP contribution in [0, 0.1) is 0 Å². The van der Waals surface area contributed by atoms with Crippen molar-refractivity contribution in [2.45, 2.75) is 20.4 Å². The molecular formula is C16H17N3O5. The van der Waals surface area contributed by atoms with Crippen molar-refractivity contribution in [3.05, 3.63) is 56.2 Å². The van der Waals surface area contributed by atoms with Crippen molar-refractivity contribution in [2.75, 3.05) is 6.61 Å². The molecule has 0 aliphatic rings. The van der Waals surface area contributed by atoms with Crippen LogP contribution in [-0.4, -0.2) is 33.4 Å². The average Bonchev–Trinajstić information content (AvgIpc) is 2.55. The summed E-state index contributed by atoms with van der Waals surface area (Å²) in [5.41, 5.74) is -0.678. The fourth-order valence-corrected chi connectivity index (χ4v) is 2.02. The molecule has 126 valence electrons. The maximum Gasteiger partial charge on any atom is 0.338 e. The Kier molecular flexibility index (Phi) is 5.31. The van der Waals surface area contributed by atoms with Crippen molar-refractivity contribution in [1.82, 2.24) is 9.55 Å². The van der Waals surface area contributed by atoms with E-state index in [1.54, 1.807) is 38.1 Å². The lowest BCUT2D eigenvalue weighted by Crippen LogP contribution is -2.31. The van der Waals surface area contributed by atoms with Crippen molar-refractivity contribution in [2.24, 2.45) is 4.99 Å². The number of aromatic nitrogens is 2. The standard InChI is InChI=1S/C16H17N3O5/c1-3-19-14(21)12(13(20)18-16(19)23)9-17-11-7-5-10(6-8-11)15(22)24-4-2/h5-9,21H,3-4H2,1-2H3,(H,18,20,23). The molecule has 0 saturated carbocycles. The highest BCUT2D eigenvalue weighted by Gasteiger charge is 2.11. The Morgan fingerprint density at radius 2 is 1.96 bits per heavy atom. The summed E-state index contributed by atoms with van der Waals surface area (Å²) in [5.74, 6) is -0.879. The Balaban J connectivity index is 2.30. The summed E-state index contributed by atoms with van der Waals surface area (Å²) < 4.78 is 5.90. The third-order valence-electron chi connectivity index (χ3n) is 3.24. The molecule has 2 N–H and O–H groups in total. The molecule has 0 radical (unpaired) electrons. The Morgan fingerprint density at radius 1 is 1.29 bits per heavy atom. The van der Waals surface area contributed by atoms with Gasteiger partial charge in [0.15, 0.2) is 0 Å². The third kappa shape index (κ3) is 3.60. The number of benzene rings is 1. The molecule has 2 rings (SSSR count). The maximum absolute atomic E-state index is 11.8. The van der Waals surface area contributed by atoms with Gasteiger partial charge in [-0.3, -0.25) is 19.3 Å². The fourth-order valence-electron chi connectivity index (χ4n) is 2.02. The van der Waals surface area contributed by atoms with Crippen LogP contribution in [0.15, 0.2) is 38.8 Å². The average molecular weight is 331 g/mol. The first-order chi connectivity index (χ1) is 11.5. The lowest BCUT2D eigenvalue weighted by atomic mass is 10.2. The summed E-state index contributed by atoms with van der Waals surface area (Å²) in [6, 6.07) is 6.23. The van der Waals surface area contributed by atoms with Crippen LogP contribution in [0.2, 0.25) is 0 Å². The van der Waals surface area contributed by atoms with Crippen molar-refractivity contribution >= 4 is 17.9 Å². The van der Waals surface area contributed by atoms with E-state index in [9.17, 15) is 19.5 Å². The molecular weight excluding hydrogens is 314 g/mol. The number of carbonyl (C=O) groups excluding carboxylic acids is 1. The zero-order valence-electron chi connectivity index (χ0n) is 13.3. The molecule has 0 unspecified atom stereocenters. The number of aliphatic imine (C=N–C) groups is 1. The minimum absolute atomic E-state index is 0.120. The number of aromatic hydroxyl groups is 1. The van der Waals surface area contributed by atoms with Crippen LogP contribution in [0.4, 0.5) is 5.69 Å². The lowest BCUT2D eigenvalue weighted by molar-refractivity contribution is 0.0526. The zero-order chi connectivity index (χ0) is 17.7. The molecule has 0 amide bonds. The van der Waals surface area contributed by atoms with Gasteiger partial charge in [0.25, 0.3) is 5.56 Å². The highest BCUT2D eigenvalue weighted by Crippen LogP contribution is 2.15. The largest absolute Gasteiger partial charge is 0.494 e. The minimum Gasteiger partial charge on any atom is -0.494 e. The number of hydrogen-bond donors (Lipinski definition) is 2. The number of carbonyl (C=O) groups is 1. The molecule has 2 aromatic rings. The van der Waals surface area contributed by atoms with E-state index in [2.05, 4.69) is 9.98 Å². The molecule has 0 spiro atoms. The number of hydrogen-bond acceptors (Lipinski definition) is 6. The fraction of sp³-hybridized carbons (Fsp3) is 0.250. The first kappa shape index (κ1) is 17.2. The zero-order valence-corrected chi connectivity index (χ0v) is 13.3. The Bertz CT molecular complexity index is 878. The molecule has 0 saturated heterocycles. The van der Waals surface area contributed by atoms with E-state index in [1.165, 1.54) is 6.21 Å². The summed E-state index contributed by atoms with van der Waals surface area (Å²) in [5, 5.41) is 9.99. The normalized spacial score (nSPS) is 10.9. The van der Waals surface area contributed by atoms with Gasteiger partial charge in [0.2, 0.25) is 5.88 Å². The van der Waals surface area contributed by atoms with Crippen LogP contribution in [0.3, 0.4) is 0 Å². The highest BCUT2D eigenvalue weighted by atomic mass is 16.5. The van der Waals surface area contributed by atoms with Gasteiger partial charge < -0.3 is 9.84 Å². The van der Waals surface area contributed by atoms with Gasteiger partial charge in [-0.05, 0) is 38.1 Å². The second-order valence-electron chi connectivity index (χ2n) is 4.77. The Labute approximate surface area is 137 Å². The van der Waals surface area contributed by atoms with Crippen LogP contribution in [0.1, 0.15) is 29.8 Å². The number of nitrogens with one attached hydrogen (secondary N) is 1. The van der Waals surface area contributed by atoms with Gasteiger partial charge in [0.05, 0.1) is 17.9 Å². The molecule has 1 aromatic heterocycles. The third-order valence-corrected chi connectivity index (χ3v) is 3.24. The number of esters is 1. The smallest absolute Gasteiger partial charge is 0.338 e. The van der Waals surface area contributed by atoms with Gasteiger partial charge >= 0.3 is 11.7 Å². The highest BCUT2D eigenvalue weighted by molar-refractivity contribution is 5.90. The van der Waals surface area contributed by atoms with E-state index < -0.39 is 23.1 Å². The van der Waals surface area contributed by atoms with E-state index in [-0.39, 0.29) is 18.7 Å². The van der Waals surface area contributed by atoms with Gasteiger partial charge in [-0.25, -0.2) is 9.59 Å². The van der Waals surface area contributed by atoms with Crippen LogP contribution in [0.5, 0.6) is 5.88 Å². The van der Waals surface area contributed by atoms with Gasteiger partial charge in [0.1, 0.15) is 5.56 Å². The molecule has 0 fully saturated rings. The molecule has 24 heavy (non-hydrogen) atoms. The van der Waals surface area contributed by atoms with E-state index >= 15 is 0 Å². The van der Waals surface area contributed by atoms with Crippen LogP contribution < -0.4 is 11.2 Å². The number of ether oxygens (including phenoxy) is 1. The second-order valence-corrected chi connectivity index (χ2v) is 4.77. The van der Waals surface area contributed by atoms with Crippen molar-refractivity contribution in [3.63, 3.8) is 0 Å². The summed E-state index contributed by atoms with van der Waals surface area (Å²) in [7, 11) is 0. The van der Waals surface area contributed by atoms with Crippen LogP contribution in [-0.2, 0) is 11.3 Å². The number of rotatable bonds is 5. The van der Waals surface area contributed by atoms with Crippen LogP contribution in [0.25, 0.3) is 0 Å². The number of nitrogens with zero attached hydrogens (tertiary/aromatic N) is 2. The first-order valence-corrected chi connectivity index (χ1v) is 7.35. The molecule has 1 aromatic carbocycles. The maximum atomic E-state index is 11.8.